The zero-order valence-electron chi connectivity index (χ0n) is 8.94. The molecule has 1 unspecified atom stereocenters. The van der Waals surface area contributed by atoms with Crippen molar-refractivity contribution in [2.75, 3.05) is 6.54 Å². The van der Waals surface area contributed by atoms with Crippen LogP contribution in [0.25, 0.3) is 0 Å². The summed E-state index contributed by atoms with van der Waals surface area (Å²) in [4.78, 5) is 21.6. The van der Waals surface area contributed by atoms with Gasteiger partial charge in [0.15, 0.2) is 0 Å². The van der Waals surface area contributed by atoms with Crippen molar-refractivity contribution >= 4 is 34.8 Å². The quantitative estimate of drug-likeness (QED) is 0.522. The number of carbonyl (C=O) groups excluding carboxylic acids is 1. The molecule has 0 aromatic heterocycles. The number of nitro groups is 1. The molecule has 1 aromatic rings. The topological polar surface area (TPSA) is 72.2 Å². The number of alkyl halides is 1. The van der Waals surface area contributed by atoms with Crippen molar-refractivity contribution in [2.24, 2.45) is 0 Å². The highest BCUT2D eigenvalue weighted by atomic mass is 35.5. The molecule has 1 N–H and O–H groups in total. The highest BCUT2D eigenvalue weighted by Crippen LogP contribution is 2.20. The Morgan fingerprint density at radius 3 is 2.71 bits per heavy atom. The van der Waals surface area contributed by atoms with E-state index in [2.05, 4.69) is 5.32 Å². The molecule has 0 aliphatic carbocycles. The SMILES string of the molecule is CC(Cl)CNC(=O)c1cc(Cl)cc([N+](=O)[O-])c1. The summed E-state index contributed by atoms with van der Waals surface area (Å²) in [5, 5.41) is 13.1. The second-order valence-corrected chi connectivity index (χ2v) is 4.63. The number of nitrogens with zero attached hydrogens (tertiary/aromatic N) is 1. The first-order valence-electron chi connectivity index (χ1n) is 4.77. The molecule has 1 amide bonds. The maximum atomic E-state index is 11.6. The summed E-state index contributed by atoms with van der Waals surface area (Å²) in [5.41, 5.74) is -0.0805. The van der Waals surface area contributed by atoms with Crippen LogP contribution in [0.1, 0.15) is 17.3 Å². The fourth-order valence-electron chi connectivity index (χ4n) is 1.15. The molecule has 0 saturated carbocycles. The van der Waals surface area contributed by atoms with Gasteiger partial charge in [-0.2, -0.15) is 0 Å². The van der Waals surface area contributed by atoms with Crippen LogP contribution >= 0.6 is 23.2 Å². The number of non-ortho nitro benzene ring substituents is 1. The minimum absolute atomic E-state index is 0.140. The van der Waals surface area contributed by atoms with Crippen LogP contribution < -0.4 is 5.32 Å². The number of amides is 1. The van der Waals surface area contributed by atoms with Crippen molar-refractivity contribution in [1.82, 2.24) is 5.32 Å². The van der Waals surface area contributed by atoms with Gasteiger partial charge in [0.05, 0.1) is 4.92 Å². The molecule has 92 valence electrons. The summed E-state index contributed by atoms with van der Waals surface area (Å²) in [7, 11) is 0. The number of nitro benzene ring substituents is 1. The van der Waals surface area contributed by atoms with Crippen molar-refractivity contribution in [3.63, 3.8) is 0 Å². The van der Waals surface area contributed by atoms with E-state index in [-0.39, 0.29) is 28.2 Å². The third-order valence-corrected chi connectivity index (χ3v) is 2.27. The van der Waals surface area contributed by atoms with Crippen LogP contribution in [0.2, 0.25) is 5.02 Å². The van der Waals surface area contributed by atoms with E-state index in [1.807, 2.05) is 0 Å². The van der Waals surface area contributed by atoms with E-state index in [1.165, 1.54) is 18.2 Å². The van der Waals surface area contributed by atoms with E-state index in [0.717, 1.165) is 0 Å². The molecule has 17 heavy (non-hydrogen) atoms. The van der Waals surface area contributed by atoms with Crippen LogP contribution in [0, 0.1) is 10.1 Å². The van der Waals surface area contributed by atoms with Crippen molar-refractivity contribution in [1.29, 1.82) is 0 Å². The first-order chi connectivity index (χ1) is 7.90. The van der Waals surface area contributed by atoms with E-state index >= 15 is 0 Å². The lowest BCUT2D eigenvalue weighted by Crippen LogP contribution is -2.28. The van der Waals surface area contributed by atoms with Gasteiger partial charge in [0.1, 0.15) is 0 Å². The Balaban J connectivity index is 2.90. The van der Waals surface area contributed by atoms with Gasteiger partial charge in [-0.1, -0.05) is 11.6 Å². The van der Waals surface area contributed by atoms with Gasteiger partial charge < -0.3 is 5.32 Å². The zero-order valence-corrected chi connectivity index (χ0v) is 10.5. The Labute approximate surface area is 108 Å². The molecule has 0 radical (unpaired) electrons. The number of nitrogens with one attached hydrogen (secondary N) is 1. The average molecular weight is 277 g/mol. The molecule has 0 spiro atoms. The summed E-state index contributed by atoms with van der Waals surface area (Å²) in [6.07, 6.45) is 0. The van der Waals surface area contributed by atoms with Crippen LogP contribution in [0.4, 0.5) is 5.69 Å². The third-order valence-electron chi connectivity index (χ3n) is 1.90. The molecule has 1 atom stereocenters. The normalized spacial score (nSPS) is 11.9. The monoisotopic (exact) mass is 276 g/mol. The van der Waals surface area contributed by atoms with Gasteiger partial charge in [-0.05, 0) is 13.0 Å². The van der Waals surface area contributed by atoms with Gasteiger partial charge in [-0.25, -0.2) is 0 Å². The molecular weight excluding hydrogens is 267 g/mol. The highest BCUT2D eigenvalue weighted by molar-refractivity contribution is 6.31. The summed E-state index contributed by atoms with van der Waals surface area (Å²) >= 11 is 11.4. The van der Waals surface area contributed by atoms with Gasteiger partial charge in [0, 0.05) is 34.6 Å². The second-order valence-electron chi connectivity index (χ2n) is 3.45. The van der Waals surface area contributed by atoms with E-state index in [1.54, 1.807) is 6.92 Å². The smallest absolute Gasteiger partial charge is 0.271 e. The molecule has 7 heteroatoms. The maximum absolute atomic E-state index is 11.6. The van der Waals surface area contributed by atoms with Gasteiger partial charge in [0.25, 0.3) is 11.6 Å². The molecule has 0 heterocycles. The van der Waals surface area contributed by atoms with E-state index in [0.29, 0.717) is 0 Å². The standard InChI is InChI=1S/C10H10Cl2N2O3/c1-6(11)5-13-10(15)7-2-8(12)4-9(3-7)14(16)17/h2-4,6H,5H2,1H3,(H,13,15). The minimum Gasteiger partial charge on any atom is -0.351 e. The van der Waals surface area contributed by atoms with Crippen LogP contribution in [0.15, 0.2) is 18.2 Å². The van der Waals surface area contributed by atoms with Gasteiger partial charge >= 0.3 is 0 Å². The van der Waals surface area contributed by atoms with E-state index in [9.17, 15) is 14.9 Å². The first kappa shape index (κ1) is 13.7. The van der Waals surface area contributed by atoms with Crippen molar-refractivity contribution in [3.05, 3.63) is 38.9 Å². The number of hydrogen-bond donors (Lipinski definition) is 1. The lowest BCUT2D eigenvalue weighted by Gasteiger charge is -2.06. The Morgan fingerprint density at radius 2 is 2.18 bits per heavy atom. The number of hydrogen-bond acceptors (Lipinski definition) is 3. The summed E-state index contributed by atoms with van der Waals surface area (Å²) < 4.78 is 0. The fourth-order valence-corrected chi connectivity index (χ4v) is 1.45. The van der Waals surface area contributed by atoms with Crippen molar-refractivity contribution in [3.8, 4) is 0 Å². The fraction of sp³-hybridized carbons (Fsp3) is 0.300. The Hall–Kier alpha value is -1.33. The van der Waals surface area contributed by atoms with Gasteiger partial charge in [0.2, 0.25) is 0 Å². The van der Waals surface area contributed by atoms with E-state index in [4.69, 9.17) is 23.2 Å². The molecule has 5 nitrogen and oxygen atoms in total. The zero-order chi connectivity index (χ0) is 13.0. The molecule has 0 fully saturated rings. The summed E-state index contributed by atoms with van der Waals surface area (Å²) in [5.74, 6) is -0.442. The van der Waals surface area contributed by atoms with Gasteiger partial charge in [-0.15, -0.1) is 11.6 Å². The van der Waals surface area contributed by atoms with Crippen molar-refractivity contribution in [2.45, 2.75) is 12.3 Å². The highest BCUT2D eigenvalue weighted by Gasteiger charge is 2.14. The first-order valence-corrected chi connectivity index (χ1v) is 5.59. The molecule has 1 aromatic carbocycles. The predicted octanol–water partition coefficient (Wildman–Crippen LogP) is 2.61. The molecule has 1 rings (SSSR count). The molecule has 0 bridgehead atoms. The van der Waals surface area contributed by atoms with Crippen LogP contribution in [-0.4, -0.2) is 22.8 Å². The number of halogens is 2. The summed E-state index contributed by atoms with van der Waals surface area (Å²) in [6.45, 7) is 2.00. The molecule has 0 saturated heterocycles. The van der Waals surface area contributed by atoms with Crippen LogP contribution in [-0.2, 0) is 0 Å². The Kier molecular flexibility index (Phi) is 4.72. The third kappa shape index (κ3) is 4.20. The largest absolute Gasteiger partial charge is 0.351 e. The van der Waals surface area contributed by atoms with Crippen LogP contribution in [0.5, 0.6) is 0 Å². The molecule has 0 aliphatic heterocycles. The maximum Gasteiger partial charge on any atom is 0.271 e. The van der Waals surface area contributed by atoms with Crippen LogP contribution in [0.3, 0.4) is 0 Å². The van der Waals surface area contributed by atoms with E-state index < -0.39 is 10.8 Å². The minimum atomic E-state index is -0.604. The Morgan fingerprint density at radius 1 is 1.53 bits per heavy atom. The second kappa shape index (κ2) is 5.84. The lowest BCUT2D eigenvalue weighted by atomic mass is 10.2. The lowest BCUT2D eigenvalue weighted by molar-refractivity contribution is -0.384. The van der Waals surface area contributed by atoms with Crippen molar-refractivity contribution < 1.29 is 9.72 Å². The molecule has 0 aliphatic rings. The van der Waals surface area contributed by atoms with Gasteiger partial charge in [-0.3, -0.25) is 14.9 Å². The Bertz CT molecular complexity index is 449. The number of carbonyl (C=O) groups is 1. The number of rotatable bonds is 4. The summed E-state index contributed by atoms with van der Waals surface area (Å²) in [6, 6.07) is 3.71. The molecular formula is C10H10Cl2N2O3. The predicted molar refractivity (Wildman–Crippen MR) is 65.8 cm³/mol. The average Bonchev–Trinajstić information content (AvgIpc) is 2.24. The number of benzene rings is 1.